The van der Waals surface area contributed by atoms with Crippen LogP contribution in [0, 0.1) is 5.92 Å². The first-order valence-electron chi connectivity index (χ1n) is 6.87. The van der Waals surface area contributed by atoms with Crippen LogP contribution in [0.25, 0.3) is 0 Å². The zero-order valence-electron chi connectivity index (χ0n) is 11.5. The van der Waals surface area contributed by atoms with Crippen LogP contribution in [0.15, 0.2) is 18.2 Å². The molecule has 2 unspecified atom stereocenters. The van der Waals surface area contributed by atoms with Crippen LogP contribution < -0.4 is 20.1 Å². The highest BCUT2D eigenvalue weighted by Crippen LogP contribution is 2.42. The van der Waals surface area contributed by atoms with Crippen molar-refractivity contribution in [2.45, 2.75) is 32.1 Å². The molecular formula is C14H16F2N2O3. The number of benzene rings is 1. The molecular weight excluding hydrogens is 282 g/mol. The number of carbonyl (C=O) groups is 1. The van der Waals surface area contributed by atoms with E-state index in [9.17, 15) is 13.6 Å². The van der Waals surface area contributed by atoms with Crippen molar-refractivity contribution in [2.75, 3.05) is 11.9 Å². The number of hydrogen-bond donors (Lipinski definition) is 2. The van der Waals surface area contributed by atoms with E-state index >= 15 is 0 Å². The normalized spacial score (nSPS) is 26.4. The van der Waals surface area contributed by atoms with E-state index in [4.69, 9.17) is 0 Å². The van der Waals surface area contributed by atoms with Crippen LogP contribution in [0.5, 0.6) is 11.5 Å². The summed E-state index contributed by atoms with van der Waals surface area (Å²) in [5.74, 6) is -0.285. The third-order valence-corrected chi connectivity index (χ3v) is 3.66. The van der Waals surface area contributed by atoms with Crippen molar-refractivity contribution in [3.8, 4) is 11.5 Å². The fourth-order valence-corrected chi connectivity index (χ4v) is 2.64. The number of piperidine rings is 1. The van der Waals surface area contributed by atoms with Crippen molar-refractivity contribution in [1.82, 2.24) is 5.32 Å². The molecule has 21 heavy (non-hydrogen) atoms. The van der Waals surface area contributed by atoms with Gasteiger partial charge in [-0.05, 0) is 38.4 Å². The fraction of sp³-hybridized carbons (Fsp3) is 0.500. The number of rotatable bonds is 2. The number of ether oxygens (including phenoxy) is 2. The third-order valence-electron chi connectivity index (χ3n) is 3.66. The quantitative estimate of drug-likeness (QED) is 0.880. The van der Waals surface area contributed by atoms with E-state index in [1.165, 1.54) is 18.2 Å². The maximum absolute atomic E-state index is 12.9. The lowest BCUT2D eigenvalue weighted by Gasteiger charge is -2.27. The third kappa shape index (κ3) is 3.07. The highest BCUT2D eigenvalue weighted by atomic mass is 19.3. The number of halogens is 2. The minimum atomic E-state index is -3.64. The minimum Gasteiger partial charge on any atom is -0.395 e. The summed E-state index contributed by atoms with van der Waals surface area (Å²) in [6.45, 7) is 2.83. The summed E-state index contributed by atoms with van der Waals surface area (Å²) in [4.78, 5) is 12.2. The predicted molar refractivity (Wildman–Crippen MR) is 71.5 cm³/mol. The summed E-state index contributed by atoms with van der Waals surface area (Å²) in [5.41, 5.74) is 0.422. The van der Waals surface area contributed by atoms with Gasteiger partial charge >= 0.3 is 6.29 Å². The van der Waals surface area contributed by atoms with Gasteiger partial charge in [-0.3, -0.25) is 4.79 Å². The molecule has 2 atom stereocenters. The predicted octanol–water partition coefficient (Wildman–Crippen LogP) is 2.33. The van der Waals surface area contributed by atoms with E-state index in [0.717, 1.165) is 19.4 Å². The summed E-state index contributed by atoms with van der Waals surface area (Å²) >= 11 is 0. The summed E-state index contributed by atoms with van der Waals surface area (Å²) in [6.07, 6.45) is -2.12. The molecule has 2 aliphatic rings. The number of carbonyl (C=O) groups excluding carboxylic acids is 1. The molecule has 0 aliphatic carbocycles. The molecule has 7 heteroatoms. The Labute approximate surface area is 120 Å². The zero-order valence-corrected chi connectivity index (χ0v) is 11.5. The molecule has 0 aromatic heterocycles. The summed E-state index contributed by atoms with van der Waals surface area (Å²) in [6, 6.07) is 4.52. The molecule has 0 saturated carbocycles. The van der Waals surface area contributed by atoms with Crippen molar-refractivity contribution in [3.63, 3.8) is 0 Å². The van der Waals surface area contributed by atoms with Crippen LogP contribution >= 0.6 is 0 Å². The SMILES string of the molecule is CC1CC(C(=O)Nc2ccc3c(c2)OC(F)(F)O3)CCN1. The van der Waals surface area contributed by atoms with Gasteiger partial charge in [-0.2, -0.15) is 0 Å². The Kier molecular flexibility index (Phi) is 3.44. The van der Waals surface area contributed by atoms with Gasteiger partial charge in [-0.15, -0.1) is 8.78 Å². The number of fused-ring (bicyclic) bond motifs is 1. The first kappa shape index (κ1) is 14.1. The van der Waals surface area contributed by atoms with Gasteiger partial charge in [0.2, 0.25) is 5.91 Å². The van der Waals surface area contributed by atoms with Gasteiger partial charge < -0.3 is 20.1 Å². The Morgan fingerprint density at radius 3 is 2.90 bits per heavy atom. The molecule has 0 bridgehead atoms. The van der Waals surface area contributed by atoms with Gasteiger partial charge in [-0.25, -0.2) is 0 Å². The minimum absolute atomic E-state index is 0.0338. The van der Waals surface area contributed by atoms with Crippen molar-refractivity contribution in [2.24, 2.45) is 5.92 Å². The maximum atomic E-state index is 12.9. The van der Waals surface area contributed by atoms with Crippen molar-refractivity contribution < 1.29 is 23.0 Å². The fourth-order valence-electron chi connectivity index (χ4n) is 2.64. The van der Waals surface area contributed by atoms with Crippen LogP contribution in [0.1, 0.15) is 19.8 Å². The second-order valence-electron chi connectivity index (χ2n) is 5.39. The number of amides is 1. The average Bonchev–Trinajstić information content (AvgIpc) is 2.72. The van der Waals surface area contributed by atoms with E-state index in [1.54, 1.807) is 0 Å². The van der Waals surface area contributed by atoms with Crippen LogP contribution in [-0.4, -0.2) is 24.8 Å². The Balaban J connectivity index is 1.67. The van der Waals surface area contributed by atoms with Gasteiger partial charge in [-0.1, -0.05) is 0 Å². The smallest absolute Gasteiger partial charge is 0.395 e. The van der Waals surface area contributed by atoms with E-state index < -0.39 is 6.29 Å². The maximum Gasteiger partial charge on any atom is 0.586 e. The molecule has 2 aliphatic heterocycles. The molecule has 1 aromatic carbocycles. The monoisotopic (exact) mass is 298 g/mol. The molecule has 2 heterocycles. The lowest BCUT2D eigenvalue weighted by Crippen LogP contribution is -2.40. The molecule has 1 fully saturated rings. The van der Waals surface area contributed by atoms with Crippen LogP contribution in [-0.2, 0) is 4.79 Å². The van der Waals surface area contributed by atoms with Crippen LogP contribution in [0.2, 0.25) is 0 Å². The van der Waals surface area contributed by atoms with Crippen molar-refractivity contribution in [1.29, 1.82) is 0 Å². The summed E-state index contributed by atoms with van der Waals surface area (Å²) < 4.78 is 34.5. The second kappa shape index (κ2) is 5.14. The van der Waals surface area contributed by atoms with Crippen molar-refractivity contribution in [3.05, 3.63) is 18.2 Å². The van der Waals surface area contributed by atoms with E-state index in [1.807, 2.05) is 6.92 Å². The number of anilines is 1. The molecule has 1 aromatic rings. The Morgan fingerprint density at radius 2 is 2.14 bits per heavy atom. The molecule has 3 rings (SSSR count). The molecule has 0 spiro atoms. The lowest BCUT2D eigenvalue weighted by molar-refractivity contribution is -0.286. The largest absolute Gasteiger partial charge is 0.586 e. The molecule has 5 nitrogen and oxygen atoms in total. The summed E-state index contributed by atoms with van der Waals surface area (Å²) in [7, 11) is 0. The Bertz CT molecular complexity index is 565. The first-order valence-corrected chi connectivity index (χ1v) is 6.87. The lowest BCUT2D eigenvalue weighted by atomic mass is 9.92. The average molecular weight is 298 g/mol. The molecule has 1 amide bonds. The van der Waals surface area contributed by atoms with Crippen LogP contribution in [0.4, 0.5) is 14.5 Å². The number of nitrogens with one attached hydrogen (secondary N) is 2. The number of alkyl halides is 2. The number of hydrogen-bond acceptors (Lipinski definition) is 4. The van der Waals surface area contributed by atoms with Gasteiger partial charge in [0, 0.05) is 23.7 Å². The second-order valence-corrected chi connectivity index (χ2v) is 5.39. The van der Waals surface area contributed by atoms with Crippen molar-refractivity contribution >= 4 is 11.6 Å². The van der Waals surface area contributed by atoms with Gasteiger partial charge in [0.1, 0.15) is 0 Å². The van der Waals surface area contributed by atoms with Crippen LogP contribution in [0.3, 0.4) is 0 Å². The molecule has 1 saturated heterocycles. The first-order chi connectivity index (χ1) is 9.93. The van der Waals surface area contributed by atoms with Gasteiger partial charge in [0.25, 0.3) is 0 Å². The van der Waals surface area contributed by atoms with Gasteiger partial charge in [0.15, 0.2) is 11.5 Å². The topological polar surface area (TPSA) is 59.6 Å². The summed E-state index contributed by atoms with van der Waals surface area (Å²) in [5, 5.41) is 6.02. The van der Waals surface area contributed by atoms with E-state index in [0.29, 0.717) is 11.7 Å². The van der Waals surface area contributed by atoms with E-state index in [2.05, 4.69) is 20.1 Å². The molecule has 2 N–H and O–H groups in total. The van der Waals surface area contributed by atoms with E-state index in [-0.39, 0.29) is 23.3 Å². The molecule has 114 valence electrons. The molecule has 0 radical (unpaired) electrons. The Morgan fingerprint density at radius 1 is 1.38 bits per heavy atom. The highest BCUT2D eigenvalue weighted by Gasteiger charge is 2.43. The Hall–Kier alpha value is -1.89. The zero-order chi connectivity index (χ0) is 15.0. The van der Waals surface area contributed by atoms with Gasteiger partial charge in [0.05, 0.1) is 0 Å². The standard InChI is InChI=1S/C14H16F2N2O3/c1-8-6-9(4-5-17-8)13(19)18-10-2-3-11-12(7-10)21-14(15,16)20-11/h2-3,7-9,17H,4-6H2,1H3,(H,18,19). The highest BCUT2D eigenvalue weighted by molar-refractivity contribution is 5.93.